The average Bonchev–Trinajstić information content (AvgIpc) is 3.28. The zero-order valence-corrected chi connectivity index (χ0v) is 40.3. The number of carbonyl (C=O) groups excluding carboxylic acids is 3. The minimum atomic E-state index is -0.802. The summed E-state index contributed by atoms with van der Waals surface area (Å²) in [6.45, 7) is 6.18. The normalized spacial score (nSPS) is 13.1. The number of hydrogen-bond donors (Lipinski definition) is 0. The standard InChI is InChI=1S/C57H90O6/c1-4-7-10-13-16-19-22-25-28-31-34-37-40-43-46-49-55(58)61-52-54(63-57(60)51-48-45-42-39-36-33-30-27-24-21-18-15-12-9-6-3)53-62-56(59)50-47-44-41-38-35-32-29-26-23-20-17-14-11-8-5-2/h7-25,28,54H,4-6,26-27,29-53H2,1-3H3/b10-7-,11-8-,12-9-,16-13-,17-14-,18-15-,22-19-,23-20-,24-21-,28-25-. The Labute approximate surface area is 386 Å². The molecule has 0 bridgehead atoms. The fourth-order valence-electron chi connectivity index (χ4n) is 6.45. The Morgan fingerprint density at radius 1 is 0.317 bits per heavy atom. The molecule has 0 N–H and O–H groups in total. The van der Waals surface area contributed by atoms with E-state index in [1.165, 1.54) is 44.9 Å². The summed E-state index contributed by atoms with van der Waals surface area (Å²) in [5.41, 5.74) is 0. The van der Waals surface area contributed by atoms with Crippen LogP contribution in [0.15, 0.2) is 122 Å². The van der Waals surface area contributed by atoms with Gasteiger partial charge in [-0.25, -0.2) is 0 Å². The zero-order chi connectivity index (χ0) is 45.8. The molecule has 0 rings (SSSR count). The first-order valence-corrected chi connectivity index (χ1v) is 25.2. The molecular weight excluding hydrogens is 781 g/mol. The summed E-state index contributed by atoms with van der Waals surface area (Å²) in [5.74, 6) is -0.956. The van der Waals surface area contributed by atoms with E-state index in [9.17, 15) is 14.4 Å². The van der Waals surface area contributed by atoms with Crippen molar-refractivity contribution < 1.29 is 28.6 Å². The lowest BCUT2D eigenvalue weighted by Gasteiger charge is -2.18. The van der Waals surface area contributed by atoms with Crippen molar-refractivity contribution in [3.05, 3.63) is 122 Å². The van der Waals surface area contributed by atoms with Crippen molar-refractivity contribution in [2.24, 2.45) is 0 Å². The van der Waals surface area contributed by atoms with E-state index in [4.69, 9.17) is 14.2 Å². The maximum absolute atomic E-state index is 12.8. The molecule has 0 fully saturated rings. The van der Waals surface area contributed by atoms with Crippen LogP contribution in [0.4, 0.5) is 0 Å². The topological polar surface area (TPSA) is 78.9 Å². The predicted octanol–water partition coefficient (Wildman–Crippen LogP) is 16.5. The van der Waals surface area contributed by atoms with E-state index in [-0.39, 0.29) is 31.1 Å². The quantitative estimate of drug-likeness (QED) is 0.0263. The van der Waals surface area contributed by atoms with E-state index in [1.54, 1.807) is 0 Å². The molecule has 0 aromatic carbocycles. The van der Waals surface area contributed by atoms with Crippen LogP contribution in [0.5, 0.6) is 0 Å². The number of carbonyl (C=O) groups is 3. The van der Waals surface area contributed by atoms with Crippen molar-refractivity contribution >= 4 is 17.9 Å². The Morgan fingerprint density at radius 3 is 0.889 bits per heavy atom. The number of rotatable bonds is 43. The summed E-state index contributed by atoms with van der Waals surface area (Å²) in [6, 6.07) is 0. The third-order valence-electron chi connectivity index (χ3n) is 10.2. The van der Waals surface area contributed by atoms with Crippen LogP contribution < -0.4 is 0 Å². The smallest absolute Gasteiger partial charge is 0.306 e. The van der Waals surface area contributed by atoms with Gasteiger partial charge in [-0.05, 0) is 77.0 Å². The number of ether oxygens (including phenoxy) is 3. The van der Waals surface area contributed by atoms with Crippen LogP contribution in [-0.2, 0) is 28.6 Å². The highest BCUT2D eigenvalue weighted by Crippen LogP contribution is 2.14. The summed E-state index contributed by atoms with van der Waals surface area (Å²) in [6.07, 6.45) is 68.9. The molecule has 0 saturated carbocycles. The second-order valence-electron chi connectivity index (χ2n) is 16.1. The van der Waals surface area contributed by atoms with Crippen LogP contribution in [0.1, 0.15) is 201 Å². The molecule has 1 unspecified atom stereocenters. The van der Waals surface area contributed by atoms with E-state index in [0.29, 0.717) is 19.3 Å². The molecule has 0 aliphatic rings. The molecule has 0 aliphatic heterocycles. The number of esters is 3. The zero-order valence-electron chi connectivity index (χ0n) is 40.3. The molecule has 0 radical (unpaired) electrons. The molecule has 63 heavy (non-hydrogen) atoms. The van der Waals surface area contributed by atoms with Gasteiger partial charge < -0.3 is 14.2 Å². The molecule has 0 spiro atoms. The van der Waals surface area contributed by atoms with Crippen molar-refractivity contribution in [2.75, 3.05) is 13.2 Å². The van der Waals surface area contributed by atoms with Gasteiger partial charge in [0, 0.05) is 19.3 Å². The maximum atomic E-state index is 12.8. The van der Waals surface area contributed by atoms with Gasteiger partial charge in [-0.1, -0.05) is 226 Å². The molecule has 6 heteroatoms. The van der Waals surface area contributed by atoms with Crippen molar-refractivity contribution in [3.63, 3.8) is 0 Å². The third kappa shape index (κ3) is 48.7. The van der Waals surface area contributed by atoms with Crippen molar-refractivity contribution in [3.8, 4) is 0 Å². The minimum absolute atomic E-state index is 0.101. The van der Waals surface area contributed by atoms with Gasteiger partial charge in [-0.15, -0.1) is 0 Å². The molecule has 354 valence electrons. The molecule has 0 aromatic rings. The molecule has 0 aliphatic carbocycles. The summed E-state index contributed by atoms with van der Waals surface area (Å²) < 4.78 is 16.8. The van der Waals surface area contributed by atoms with Crippen LogP contribution in [-0.4, -0.2) is 37.2 Å². The van der Waals surface area contributed by atoms with E-state index in [1.807, 2.05) is 24.3 Å². The highest BCUT2D eigenvalue weighted by Gasteiger charge is 2.19. The molecule has 6 nitrogen and oxygen atoms in total. The molecular formula is C57H90O6. The first-order valence-electron chi connectivity index (χ1n) is 25.2. The lowest BCUT2D eigenvalue weighted by atomic mass is 10.1. The number of allylic oxidation sites excluding steroid dienone is 20. The summed E-state index contributed by atoms with van der Waals surface area (Å²) in [4.78, 5) is 38.0. The van der Waals surface area contributed by atoms with Crippen LogP contribution in [0.3, 0.4) is 0 Å². The molecule has 1 atom stereocenters. The summed E-state index contributed by atoms with van der Waals surface area (Å²) >= 11 is 0. The second-order valence-corrected chi connectivity index (χ2v) is 16.1. The predicted molar refractivity (Wildman–Crippen MR) is 269 cm³/mol. The first kappa shape index (κ1) is 58.8. The van der Waals surface area contributed by atoms with Crippen molar-refractivity contribution in [2.45, 2.75) is 207 Å². The maximum Gasteiger partial charge on any atom is 0.306 e. The van der Waals surface area contributed by atoms with Gasteiger partial charge in [0.25, 0.3) is 0 Å². The Balaban J connectivity index is 4.49. The SMILES string of the molecule is CC\C=C/C=C\C=C/C=C\CCCCCCCC(=O)OCC(COC(=O)CCCCCCCCC\C=C/C=C\C=C/CC)OC(=O)CCCCCCCCC\C=C/C=C\C=C/CC. The highest BCUT2D eigenvalue weighted by atomic mass is 16.6. The Kier molecular flexibility index (Phi) is 47.1. The van der Waals surface area contributed by atoms with E-state index >= 15 is 0 Å². The third-order valence-corrected chi connectivity index (χ3v) is 10.2. The molecule has 0 amide bonds. The van der Waals surface area contributed by atoms with Gasteiger partial charge in [-0.2, -0.15) is 0 Å². The lowest BCUT2D eigenvalue weighted by molar-refractivity contribution is -0.167. The van der Waals surface area contributed by atoms with Crippen LogP contribution in [0, 0.1) is 0 Å². The number of unbranched alkanes of at least 4 members (excludes halogenated alkanes) is 19. The summed E-state index contributed by atoms with van der Waals surface area (Å²) in [7, 11) is 0. The Morgan fingerprint density at radius 2 is 0.571 bits per heavy atom. The molecule has 0 aromatic heterocycles. The fraction of sp³-hybridized carbons (Fsp3) is 0.596. The minimum Gasteiger partial charge on any atom is -0.462 e. The first-order chi connectivity index (χ1) is 31.0. The van der Waals surface area contributed by atoms with E-state index in [2.05, 4.69) is 118 Å². The van der Waals surface area contributed by atoms with Crippen LogP contribution >= 0.6 is 0 Å². The monoisotopic (exact) mass is 871 g/mol. The van der Waals surface area contributed by atoms with Gasteiger partial charge in [0.05, 0.1) is 0 Å². The van der Waals surface area contributed by atoms with E-state index in [0.717, 1.165) is 116 Å². The second kappa shape index (κ2) is 50.5. The van der Waals surface area contributed by atoms with Gasteiger partial charge >= 0.3 is 17.9 Å². The van der Waals surface area contributed by atoms with Gasteiger partial charge in [0.15, 0.2) is 6.10 Å². The Bertz CT molecular complexity index is 1370. The fourth-order valence-corrected chi connectivity index (χ4v) is 6.45. The van der Waals surface area contributed by atoms with Crippen LogP contribution in [0.25, 0.3) is 0 Å². The van der Waals surface area contributed by atoms with E-state index < -0.39 is 6.10 Å². The number of hydrogen-bond acceptors (Lipinski definition) is 6. The lowest BCUT2D eigenvalue weighted by Crippen LogP contribution is -2.30. The van der Waals surface area contributed by atoms with Crippen molar-refractivity contribution in [1.82, 2.24) is 0 Å². The van der Waals surface area contributed by atoms with Gasteiger partial charge in [-0.3, -0.25) is 14.4 Å². The largest absolute Gasteiger partial charge is 0.462 e. The van der Waals surface area contributed by atoms with Crippen LogP contribution in [0.2, 0.25) is 0 Å². The molecule has 0 saturated heterocycles. The highest BCUT2D eigenvalue weighted by molar-refractivity contribution is 5.71. The Hall–Kier alpha value is -4.19. The van der Waals surface area contributed by atoms with Gasteiger partial charge in [0.1, 0.15) is 13.2 Å². The summed E-state index contributed by atoms with van der Waals surface area (Å²) in [5, 5.41) is 0. The average molecular weight is 871 g/mol. The molecule has 0 heterocycles. The van der Waals surface area contributed by atoms with Crippen molar-refractivity contribution in [1.29, 1.82) is 0 Å². The van der Waals surface area contributed by atoms with Gasteiger partial charge in [0.2, 0.25) is 0 Å².